The summed E-state index contributed by atoms with van der Waals surface area (Å²) in [4.78, 5) is 17.9. The molecular formula is C22H31ClN2O2S. The Morgan fingerprint density at radius 3 is 2.71 bits per heavy atom. The lowest BCUT2D eigenvalue weighted by Gasteiger charge is -2.38. The van der Waals surface area contributed by atoms with Crippen molar-refractivity contribution in [2.75, 3.05) is 0 Å². The van der Waals surface area contributed by atoms with E-state index in [4.69, 9.17) is 11.6 Å². The lowest BCUT2D eigenvalue weighted by molar-refractivity contribution is -0.125. The number of allylic oxidation sites excluding steroid dienone is 1. The van der Waals surface area contributed by atoms with E-state index in [9.17, 15) is 9.90 Å². The Balaban J connectivity index is 1.27. The van der Waals surface area contributed by atoms with E-state index >= 15 is 0 Å². The molecule has 7 atom stereocenters. The number of aliphatic hydroxyl groups is 1. The lowest BCUT2D eigenvalue weighted by Crippen LogP contribution is -2.48. The normalized spacial score (nSPS) is 45.1. The summed E-state index contributed by atoms with van der Waals surface area (Å²) in [5, 5.41) is 15.3. The minimum atomic E-state index is -0.467. The average molecular weight is 423 g/mol. The van der Waals surface area contributed by atoms with Gasteiger partial charge >= 0.3 is 0 Å². The van der Waals surface area contributed by atoms with Crippen LogP contribution in [0.25, 0.3) is 0 Å². The summed E-state index contributed by atoms with van der Waals surface area (Å²) in [6.07, 6.45) is 14.9. The van der Waals surface area contributed by atoms with Gasteiger partial charge in [0.15, 0.2) is 0 Å². The lowest BCUT2D eigenvalue weighted by atomic mass is 9.75. The monoisotopic (exact) mass is 422 g/mol. The van der Waals surface area contributed by atoms with Crippen molar-refractivity contribution in [3.05, 3.63) is 12.2 Å². The summed E-state index contributed by atoms with van der Waals surface area (Å²) in [5.74, 6) is 1.58. The number of halogens is 1. The summed E-state index contributed by atoms with van der Waals surface area (Å²) in [5.41, 5.74) is -0.467. The standard InChI is InChI=1S/C22H31ClN2O2S/c23-19-8-6-17(21(25-19)28-16-3-1-2-4-16)20(26)24-18-7-5-13-10-22(27)11-14(13)9-15(18)12-22/h6,8,13-18,21,27H,1-5,7,9-12H2,(H,24,26)/t13?,14?,15?,17?,18-,21?,22-/m1/s1. The van der Waals surface area contributed by atoms with Gasteiger partial charge in [0.1, 0.15) is 10.5 Å². The third-order valence-electron chi connectivity index (χ3n) is 7.88. The highest BCUT2D eigenvalue weighted by Gasteiger charge is 2.53. The molecule has 3 bridgehead atoms. The Labute approximate surface area is 177 Å². The summed E-state index contributed by atoms with van der Waals surface area (Å²) < 4.78 is 0. The molecule has 5 unspecified atom stereocenters. The van der Waals surface area contributed by atoms with Gasteiger partial charge in [-0.05, 0) is 75.2 Å². The van der Waals surface area contributed by atoms with Crippen molar-refractivity contribution in [3.63, 3.8) is 0 Å². The highest BCUT2D eigenvalue weighted by atomic mass is 35.5. The molecule has 0 radical (unpaired) electrons. The molecule has 0 aromatic carbocycles. The number of carbonyl (C=O) groups excluding carboxylic acids is 1. The summed E-state index contributed by atoms with van der Waals surface area (Å²) in [7, 11) is 0. The van der Waals surface area contributed by atoms with E-state index in [1.54, 1.807) is 6.08 Å². The molecule has 154 valence electrons. The first-order valence-corrected chi connectivity index (χ1v) is 12.4. The second-order valence-corrected chi connectivity index (χ2v) is 11.6. The van der Waals surface area contributed by atoms with Crippen molar-refractivity contribution in [1.82, 2.24) is 5.32 Å². The molecule has 4 saturated carbocycles. The molecule has 4 nitrogen and oxygen atoms in total. The van der Waals surface area contributed by atoms with E-state index in [1.165, 1.54) is 32.1 Å². The maximum atomic E-state index is 13.3. The zero-order valence-corrected chi connectivity index (χ0v) is 17.9. The molecule has 1 amide bonds. The fourth-order valence-corrected chi connectivity index (χ4v) is 8.41. The van der Waals surface area contributed by atoms with E-state index in [2.05, 4.69) is 10.3 Å². The molecule has 2 N–H and O–H groups in total. The molecule has 4 aliphatic carbocycles. The first-order valence-electron chi connectivity index (χ1n) is 11.1. The Bertz CT molecular complexity index is 692. The first kappa shape index (κ1) is 19.4. The van der Waals surface area contributed by atoms with Gasteiger partial charge in [-0.25, -0.2) is 0 Å². The Morgan fingerprint density at radius 1 is 1.14 bits per heavy atom. The number of dihydropyridines is 1. The fraction of sp³-hybridized carbons (Fsp3) is 0.818. The van der Waals surface area contributed by atoms with E-state index in [0.29, 0.717) is 28.2 Å². The predicted octanol–water partition coefficient (Wildman–Crippen LogP) is 4.26. The van der Waals surface area contributed by atoms with E-state index in [1.807, 2.05) is 17.8 Å². The number of carbonyl (C=O) groups is 1. The molecule has 0 saturated heterocycles. The van der Waals surface area contributed by atoms with Crippen LogP contribution >= 0.6 is 23.4 Å². The second-order valence-electron chi connectivity index (χ2n) is 9.81. The number of thioether (sulfide) groups is 1. The number of hydrogen-bond donors (Lipinski definition) is 2. The smallest absolute Gasteiger partial charge is 0.230 e. The third kappa shape index (κ3) is 3.79. The number of amides is 1. The molecule has 28 heavy (non-hydrogen) atoms. The maximum absolute atomic E-state index is 13.3. The van der Waals surface area contributed by atoms with E-state index in [-0.39, 0.29) is 23.2 Å². The van der Waals surface area contributed by atoms with Gasteiger partial charge in [0.2, 0.25) is 5.91 Å². The summed E-state index contributed by atoms with van der Waals surface area (Å²) in [6.45, 7) is 0. The van der Waals surface area contributed by atoms with Crippen molar-refractivity contribution in [2.24, 2.45) is 28.7 Å². The van der Waals surface area contributed by atoms with Crippen LogP contribution in [0.1, 0.15) is 64.2 Å². The molecule has 1 aliphatic heterocycles. The van der Waals surface area contributed by atoms with Gasteiger partial charge < -0.3 is 10.4 Å². The van der Waals surface area contributed by atoms with Crippen LogP contribution in [0.5, 0.6) is 0 Å². The zero-order chi connectivity index (χ0) is 19.3. The molecule has 0 spiro atoms. The zero-order valence-electron chi connectivity index (χ0n) is 16.4. The Kier molecular flexibility index (Phi) is 5.30. The Hall–Kier alpha value is -0.520. The Morgan fingerprint density at radius 2 is 1.89 bits per heavy atom. The largest absolute Gasteiger partial charge is 0.390 e. The van der Waals surface area contributed by atoms with Gasteiger partial charge in [-0.1, -0.05) is 30.5 Å². The predicted molar refractivity (Wildman–Crippen MR) is 115 cm³/mol. The maximum Gasteiger partial charge on any atom is 0.230 e. The van der Waals surface area contributed by atoms with Crippen molar-refractivity contribution >= 4 is 34.4 Å². The van der Waals surface area contributed by atoms with Crippen LogP contribution in [0.15, 0.2) is 17.1 Å². The molecule has 4 fully saturated rings. The number of aliphatic imine (C=N–C) groups is 1. The minimum Gasteiger partial charge on any atom is -0.390 e. The van der Waals surface area contributed by atoms with Crippen molar-refractivity contribution < 1.29 is 9.90 Å². The van der Waals surface area contributed by atoms with Crippen LogP contribution in [0, 0.1) is 23.7 Å². The minimum absolute atomic E-state index is 0.0920. The van der Waals surface area contributed by atoms with Crippen molar-refractivity contribution in [1.29, 1.82) is 0 Å². The van der Waals surface area contributed by atoms with Crippen molar-refractivity contribution in [3.8, 4) is 0 Å². The van der Waals surface area contributed by atoms with Crippen molar-refractivity contribution in [2.45, 2.75) is 86.5 Å². The highest BCUT2D eigenvalue weighted by Crippen LogP contribution is 2.55. The van der Waals surface area contributed by atoms with E-state index in [0.717, 1.165) is 32.1 Å². The van der Waals surface area contributed by atoms with Gasteiger partial charge in [-0.3, -0.25) is 9.79 Å². The molecular weight excluding hydrogens is 392 g/mol. The van der Waals surface area contributed by atoms with Crippen LogP contribution in [0.2, 0.25) is 0 Å². The van der Waals surface area contributed by atoms with Crippen LogP contribution in [-0.4, -0.2) is 38.5 Å². The molecule has 5 aliphatic rings. The van der Waals surface area contributed by atoms with Gasteiger partial charge in [0.25, 0.3) is 0 Å². The molecule has 0 aromatic heterocycles. The molecule has 6 heteroatoms. The van der Waals surface area contributed by atoms with Gasteiger partial charge in [0.05, 0.1) is 11.5 Å². The van der Waals surface area contributed by atoms with Crippen LogP contribution in [0.3, 0.4) is 0 Å². The number of fused-ring (bicyclic) bond motifs is 2. The topological polar surface area (TPSA) is 61.7 Å². The third-order valence-corrected chi connectivity index (χ3v) is 9.64. The average Bonchev–Trinajstić information content (AvgIpc) is 3.20. The van der Waals surface area contributed by atoms with E-state index < -0.39 is 5.60 Å². The van der Waals surface area contributed by atoms with Gasteiger partial charge in [-0.15, -0.1) is 11.8 Å². The quantitative estimate of drug-likeness (QED) is 0.711. The van der Waals surface area contributed by atoms with Gasteiger partial charge in [0, 0.05) is 11.3 Å². The summed E-state index contributed by atoms with van der Waals surface area (Å²) >= 11 is 8.01. The van der Waals surface area contributed by atoms with Crippen LogP contribution in [-0.2, 0) is 4.79 Å². The van der Waals surface area contributed by atoms with Crippen LogP contribution < -0.4 is 5.32 Å². The molecule has 5 rings (SSSR count). The highest BCUT2D eigenvalue weighted by molar-refractivity contribution is 8.00. The number of nitrogens with zero attached hydrogens (tertiary/aromatic N) is 1. The second kappa shape index (κ2) is 7.63. The van der Waals surface area contributed by atoms with Gasteiger partial charge in [-0.2, -0.15) is 0 Å². The number of nitrogens with one attached hydrogen (secondary N) is 1. The molecule has 1 heterocycles. The first-order chi connectivity index (χ1) is 13.5. The number of rotatable bonds is 4. The molecule has 0 aromatic rings. The van der Waals surface area contributed by atoms with Crippen LogP contribution in [0.4, 0.5) is 0 Å². The number of hydrogen-bond acceptors (Lipinski definition) is 4. The SMILES string of the molecule is O=C(N[C@@H]1CCC2C[C@@]3(O)CC2CC1C3)C1C=CC(Cl)=NC1SC1CCCC1. The summed E-state index contributed by atoms with van der Waals surface area (Å²) in [6, 6.07) is 0.194. The fourth-order valence-electron chi connectivity index (χ4n) is 6.61.